The lowest BCUT2D eigenvalue weighted by Crippen LogP contribution is -2.54. The molecule has 0 saturated carbocycles. The standard InChI is InChI=1S/C40H34N2/c1-41(2)36-28-29-37-38(30-36)40(33-22-12-5-13-23-33,34-24-14-6-15-25-34)42(35-26-16-7-17-27-35)39(37,31-18-8-3-9-19-31)32-20-10-4-11-21-32/h3-30H,1-2H3. The van der Waals surface area contributed by atoms with Crippen molar-refractivity contribution in [3.8, 4) is 0 Å². The van der Waals surface area contributed by atoms with Gasteiger partial charge in [0.25, 0.3) is 0 Å². The van der Waals surface area contributed by atoms with Crippen molar-refractivity contribution in [1.82, 2.24) is 0 Å². The number of hydrogen-bond donors (Lipinski definition) is 0. The van der Waals surface area contributed by atoms with Crippen LogP contribution in [0.5, 0.6) is 0 Å². The molecule has 204 valence electrons. The number of nitrogens with zero attached hydrogens (tertiary/aromatic N) is 2. The van der Waals surface area contributed by atoms with E-state index in [4.69, 9.17) is 0 Å². The normalized spacial score (nSPS) is 14.8. The van der Waals surface area contributed by atoms with Crippen molar-refractivity contribution in [2.75, 3.05) is 23.9 Å². The van der Waals surface area contributed by atoms with E-state index in [2.05, 4.69) is 194 Å². The summed E-state index contributed by atoms with van der Waals surface area (Å²) in [5.41, 5.74) is 8.53. The van der Waals surface area contributed by atoms with Crippen LogP contribution in [0.2, 0.25) is 0 Å². The van der Waals surface area contributed by atoms with E-state index in [1.54, 1.807) is 0 Å². The van der Waals surface area contributed by atoms with Crippen molar-refractivity contribution >= 4 is 11.4 Å². The minimum atomic E-state index is -0.642. The maximum Gasteiger partial charge on any atom is 0.118 e. The first-order valence-electron chi connectivity index (χ1n) is 14.6. The largest absolute Gasteiger partial charge is 0.378 e. The average Bonchev–Trinajstić information content (AvgIpc) is 3.35. The molecule has 0 saturated heterocycles. The van der Waals surface area contributed by atoms with Gasteiger partial charge in [0.1, 0.15) is 11.1 Å². The van der Waals surface area contributed by atoms with E-state index in [0.717, 1.165) is 5.69 Å². The highest BCUT2D eigenvalue weighted by molar-refractivity contribution is 5.79. The van der Waals surface area contributed by atoms with Crippen LogP contribution in [-0.2, 0) is 11.1 Å². The van der Waals surface area contributed by atoms with Gasteiger partial charge in [-0.05, 0) is 57.6 Å². The number of hydrogen-bond acceptors (Lipinski definition) is 2. The van der Waals surface area contributed by atoms with Crippen LogP contribution in [0.1, 0.15) is 33.4 Å². The summed E-state index contributed by atoms with van der Waals surface area (Å²) in [6.45, 7) is 0. The third-order valence-electron chi connectivity index (χ3n) is 8.75. The molecule has 0 N–H and O–H groups in total. The molecule has 0 radical (unpaired) electrons. The molecule has 1 aliphatic rings. The van der Waals surface area contributed by atoms with Gasteiger partial charge in [-0.25, -0.2) is 0 Å². The topological polar surface area (TPSA) is 6.48 Å². The molecular formula is C40H34N2. The van der Waals surface area contributed by atoms with Crippen molar-refractivity contribution in [3.63, 3.8) is 0 Å². The van der Waals surface area contributed by atoms with E-state index in [-0.39, 0.29) is 0 Å². The second kappa shape index (κ2) is 10.4. The number of anilines is 2. The summed E-state index contributed by atoms with van der Waals surface area (Å²) >= 11 is 0. The van der Waals surface area contributed by atoms with Gasteiger partial charge in [0.05, 0.1) is 0 Å². The summed E-state index contributed by atoms with van der Waals surface area (Å²) in [6.07, 6.45) is 0. The Balaban J connectivity index is 1.76. The third-order valence-corrected chi connectivity index (χ3v) is 8.75. The van der Waals surface area contributed by atoms with Crippen molar-refractivity contribution < 1.29 is 0 Å². The Kier molecular flexibility index (Phi) is 6.40. The monoisotopic (exact) mass is 542 g/mol. The molecule has 0 spiro atoms. The van der Waals surface area contributed by atoms with Crippen LogP contribution in [0.4, 0.5) is 11.4 Å². The Morgan fingerprint density at radius 2 is 0.762 bits per heavy atom. The summed E-state index contributed by atoms with van der Waals surface area (Å²) in [5.74, 6) is 0. The predicted molar refractivity (Wildman–Crippen MR) is 175 cm³/mol. The Morgan fingerprint density at radius 1 is 0.405 bits per heavy atom. The van der Waals surface area contributed by atoms with Gasteiger partial charge in [0.15, 0.2) is 0 Å². The summed E-state index contributed by atoms with van der Waals surface area (Å²) in [7, 11) is 4.25. The van der Waals surface area contributed by atoms with Gasteiger partial charge in [0, 0.05) is 25.5 Å². The van der Waals surface area contributed by atoms with Crippen LogP contribution >= 0.6 is 0 Å². The number of fused-ring (bicyclic) bond motifs is 1. The Hall–Kier alpha value is -5.08. The molecule has 0 fully saturated rings. The maximum absolute atomic E-state index is 2.69. The molecule has 0 unspecified atom stereocenters. The fraction of sp³-hybridized carbons (Fsp3) is 0.100. The number of para-hydroxylation sites is 1. The van der Waals surface area contributed by atoms with Crippen molar-refractivity contribution in [2.24, 2.45) is 0 Å². The summed E-state index contributed by atoms with van der Waals surface area (Å²) in [5, 5.41) is 0. The quantitative estimate of drug-likeness (QED) is 0.207. The van der Waals surface area contributed by atoms with Gasteiger partial charge in [-0.1, -0.05) is 146 Å². The molecule has 1 aliphatic heterocycles. The molecule has 0 bridgehead atoms. The van der Waals surface area contributed by atoms with Gasteiger partial charge in [-0.2, -0.15) is 0 Å². The van der Waals surface area contributed by atoms with Crippen LogP contribution in [0, 0.1) is 0 Å². The Labute approximate surface area is 249 Å². The van der Waals surface area contributed by atoms with Crippen molar-refractivity contribution in [3.05, 3.63) is 203 Å². The zero-order chi connectivity index (χ0) is 28.6. The van der Waals surface area contributed by atoms with Gasteiger partial charge in [0.2, 0.25) is 0 Å². The Bertz CT molecular complexity index is 1700. The SMILES string of the molecule is CN(C)c1ccc2c(c1)C(c1ccccc1)(c1ccccc1)N(c1ccccc1)C2(c1ccccc1)c1ccccc1. The van der Waals surface area contributed by atoms with Gasteiger partial charge >= 0.3 is 0 Å². The molecular weight excluding hydrogens is 508 g/mol. The Morgan fingerprint density at radius 3 is 1.14 bits per heavy atom. The molecule has 6 aromatic carbocycles. The van der Waals surface area contributed by atoms with Crippen molar-refractivity contribution in [1.29, 1.82) is 0 Å². The molecule has 0 aromatic heterocycles. The van der Waals surface area contributed by atoms with E-state index >= 15 is 0 Å². The van der Waals surface area contributed by atoms with E-state index in [0.29, 0.717) is 0 Å². The predicted octanol–water partition coefficient (Wildman–Crippen LogP) is 8.86. The molecule has 6 aromatic rings. The smallest absolute Gasteiger partial charge is 0.118 e. The fourth-order valence-electron chi connectivity index (χ4n) is 7.07. The molecule has 7 rings (SSSR count). The number of benzene rings is 6. The average molecular weight is 543 g/mol. The summed E-state index contributed by atoms with van der Waals surface area (Å²) in [6, 6.07) is 62.2. The van der Waals surface area contributed by atoms with Gasteiger partial charge < -0.3 is 9.80 Å². The van der Waals surface area contributed by atoms with Crippen LogP contribution in [-0.4, -0.2) is 14.1 Å². The first-order valence-corrected chi connectivity index (χ1v) is 14.6. The first-order chi connectivity index (χ1) is 20.7. The molecule has 0 amide bonds. The molecule has 2 heteroatoms. The molecule has 0 atom stereocenters. The fourth-order valence-corrected chi connectivity index (χ4v) is 7.07. The lowest BCUT2D eigenvalue weighted by molar-refractivity contribution is 0.496. The highest BCUT2D eigenvalue weighted by Crippen LogP contribution is 2.62. The minimum absolute atomic E-state index is 0.629. The molecule has 2 nitrogen and oxygen atoms in total. The lowest BCUT2D eigenvalue weighted by Gasteiger charge is -2.50. The second-order valence-electron chi connectivity index (χ2n) is 11.2. The molecule has 1 heterocycles. The molecule has 0 aliphatic carbocycles. The second-order valence-corrected chi connectivity index (χ2v) is 11.2. The third kappa shape index (κ3) is 3.72. The first kappa shape index (κ1) is 25.9. The summed E-state index contributed by atoms with van der Waals surface area (Å²) < 4.78 is 0. The van der Waals surface area contributed by atoms with Gasteiger partial charge in [-0.3, -0.25) is 0 Å². The zero-order valence-corrected chi connectivity index (χ0v) is 24.1. The maximum atomic E-state index is 2.69. The van der Waals surface area contributed by atoms with E-state index in [9.17, 15) is 0 Å². The van der Waals surface area contributed by atoms with Crippen LogP contribution in [0.3, 0.4) is 0 Å². The lowest BCUT2D eigenvalue weighted by atomic mass is 9.76. The van der Waals surface area contributed by atoms with Gasteiger partial charge in [-0.15, -0.1) is 0 Å². The molecule has 42 heavy (non-hydrogen) atoms. The van der Waals surface area contributed by atoms with Crippen LogP contribution in [0.15, 0.2) is 170 Å². The summed E-state index contributed by atoms with van der Waals surface area (Å²) in [4.78, 5) is 4.90. The number of rotatable bonds is 6. The van der Waals surface area contributed by atoms with E-state index < -0.39 is 11.1 Å². The highest BCUT2D eigenvalue weighted by Gasteiger charge is 2.61. The van der Waals surface area contributed by atoms with E-state index in [1.807, 2.05) is 0 Å². The van der Waals surface area contributed by atoms with Crippen molar-refractivity contribution in [2.45, 2.75) is 11.1 Å². The van der Waals surface area contributed by atoms with Crippen LogP contribution in [0.25, 0.3) is 0 Å². The highest BCUT2D eigenvalue weighted by atomic mass is 15.3. The zero-order valence-electron chi connectivity index (χ0n) is 24.1. The van der Waals surface area contributed by atoms with E-state index in [1.165, 1.54) is 39.1 Å². The minimum Gasteiger partial charge on any atom is -0.378 e. The van der Waals surface area contributed by atoms with Crippen LogP contribution < -0.4 is 9.80 Å².